The molecule has 0 aliphatic carbocycles. The van der Waals surface area contributed by atoms with Gasteiger partial charge in [-0.2, -0.15) is 0 Å². The lowest BCUT2D eigenvalue weighted by Gasteiger charge is -2.32. The number of likely N-dealkylation sites (N-methyl/N-ethyl adjacent to an activating group) is 1. The molecule has 5 rings (SSSR count). The number of halogens is 1. The quantitative estimate of drug-likeness (QED) is 0.225. The molecule has 0 saturated heterocycles. The Morgan fingerprint density at radius 2 is 1.90 bits per heavy atom. The van der Waals surface area contributed by atoms with Crippen molar-refractivity contribution in [2.45, 2.75) is 32.4 Å². The normalized spacial score (nSPS) is 13.5. The lowest BCUT2D eigenvalue weighted by atomic mass is 10.0. The first-order valence-corrected chi connectivity index (χ1v) is 14.0. The van der Waals surface area contributed by atoms with Crippen LogP contribution in [-0.4, -0.2) is 70.0 Å². The number of ether oxygens (including phenoxy) is 1. The Bertz CT molecular complexity index is 1530. The average Bonchev–Trinajstić information content (AvgIpc) is 3.60. The largest absolute Gasteiger partial charge is 0.484 e. The van der Waals surface area contributed by atoms with Crippen LogP contribution in [0.2, 0.25) is 5.02 Å². The number of carbonyl (C=O) groups excluding carboxylic acids is 1. The summed E-state index contributed by atoms with van der Waals surface area (Å²) in [4.78, 5) is 29.2. The molecule has 0 atom stereocenters. The summed E-state index contributed by atoms with van der Waals surface area (Å²) in [6.07, 6.45) is 4.66. The van der Waals surface area contributed by atoms with Crippen molar-refractivity contribution in [2.75, 3.05) is 39.1 Å². The minimum Gasteiger partial charge on any atom is -0.484 e. The maximum atomic E-state index is 12.3. The van der Waals surface area contributed by atoms with Gasteiger partial charge in [-0.15, -0.1) is 0 Å². The van der Waals surface area contributed by atoms with Crippen molar-refractivity contribution in [1.82, 2.24) is 30.1 Å². The molecule has 214 valence electrons. The number of H-pyrrole nitrogens is 1. The zero-order valence-corrected chi connectivity index (χ0v) is 24.6. The SMILES string of the molecule is CN(C)C(C)(C)CNC(=O)COc1ccc(-c2nc3c(NC4=CN(Cc5ccccc5)CC4)c(Cl)cnc3[nH]2)cc1. The highest BCUT2D eigenvalue weighted by Gasteiger charge is 2.21. The van der Waals surface area contributed by atoms with E-state index in [0.717, 1.165) is 36.5 Å². The number of nitrogens with one attached hydrogen (secondary N) is 3. The van der Waals surface area contributed by atoms with E-state index in [0.29, 0.717) is 34.3 Å². The molecule has 2 aromatic carbocycles. The molecule has 9 nitrogen and oxygen atoms in total. The van der Waals surface area contributed by atoms with Gasteiger partial charge in [-0.3, -0.25) is 4.79 Å². The molecule has 1 amide bonds. The minimum atomic E-state index is -0.162. The maximum Gasteiger partial charge on any atom is 0.258 e. The number of nitrogens with zero attached hydrogens (tertiary/aromatic N) is 4. The molecule has 0 bridgehead atoms. The number of amides is 1. The monoisotopic (exact) mass is 573 g/mol. The van der Waals surface area contributed by atoms with Gasteiger partial charge < -0.3 is 30.2 Å². The zero-order chi connectivity index (χ0) is 29.0. The second-order valence-electron chi connectivity index (χ2n) is 11.0. The molecule has 41 heavy (non-hydrogen) atoms. The molecule has 1 aliphatic rings. The third-order valence-corrected chi connectivity index (χ3v) is 7.70. The highest BCUT2D eigenvalue weighted by atomic mass is 35.5. The fourth-order valence-electron chi connectivity index (χ4n) is 4.38. The molecular formula is C31H36ClN7O2. The Morgan fingerprint density at radius 1 is 1.15 bits per heavy atom. The molecule has 2 aromatic heterocycles. The van der Waals surface area contributed by atoms with Crippen molar-refractivity contribution in [2.24, 2.45) is 0 Å². The average molecular weight is 574 g/mol. The summed E-state index contributed by atoms with van der Waals surface area (Å²) in [6.45, 7) is 6.41. The standard InChI is InChI=1S/C31H36ClN7O2/c1-31(2,38(3)4)20-34-26(40)19-41-24-12-10-22(11-13-24)29-36-28-27(25(32)16-33-30(28)37-29)35-23-14-15-39(18-23)17-21-8-6-5-7-9-21/h5-13,16,18H,14-15,17,19-20H2,1-4H3,(H,34,40)(H2,33,35,36,37). The summed E-state index contributed by atoms with van der Waals surface area (Å²) in [5, 5.41) is 6.93. The molecular weight excluding hydrogens is 538 g/mol. The third-order valence-electron chi connectivity index (χ3n) is 7.41. The zero-order valence-electron chi connectivity index (χ0n) is 23.9. The number of anilines is 1. The highest BCUT2D eigenvalue weighted by Crippen LogP contribution is 2.33. The molecule has 0 fully saturated rings. The molecule has 1 aliphatic heterocycles. The number of hydrogen-bond acceptors (Lipinski definition) is 7. The summed E-state index contributed by atoms with van der Waals surface area (Å²) in [5.74, 6) is 1.10. The molecule has 10 heteroatoms. The number of pyridine rings is 1. The Labute approximate surface area is 245 Å². The van der Waals surface area contributed by atoms with Crippen molar-refractivity contribution < 1.29 is 9.53 Å². The minimum absolute atomic E-state index is 0.0520. The van der Waals surface area contributed by atoms with E-state index in [9.17, 15) is 4.79 Å². The number of rotatable bonds is 11. The lowest BCUT2D eigenvalue weighted by Crippen LogP contribution is -2.48. The summed E-state index contributed by atoms with van der Waals surface area (Å²) < 4.78 is 5.69. The van der Waals surface area contributed by atoms with Crippen LogP contribution in [0, 0.1) is 0 Å². The summed E-state index contributed by atoms with van der Waals surface area (Å²) in [6, 6.07) is 17.9. The number of imidazole rings is 1. The van der Waals surface area contributed by atoms with Crippen LogP contribution in [0.25, 0.3) is 22.6 Å². The molecule has 0 saturated carbocycles. The second-order valence-corrected chi connectivity index (χ2v) is 11.5. The Morgan fingerprint density at radius 3 is 2.63 bits per heavy atom. The van der Waals surface area contributed by atoms with E-state index < -0.39 is 0 Å². The van der Waals surface area contributed by atoms with Crippen LogP contribution < -0.4 is 15.4 Å². The highest BCUT2D eigenvalue weighted by molar-refractivity contribution is 6.34. The van der Waals surface area contributed by atoms with Crippen molar-refractivity contribution in [3.63, 3.8) is 0 Å². The summed E-state index contributed by atoms with van der Waals surface area (Å²) in [7, 11) is 3.98. The van der Waals surface area contributed by atoms with Crippen molar-refractivity contribution >= 4 is 34.4 Å². The number of benzene rings is 2. The fourth-order valence-corrected chi connectivity index (χ4v) is 4.57. The topological polar surface area (TPSA) is 98.4 Å². The van der Waals surface area contributed by atoms with Crippen molar-refractivity contribution in [1.29, 1.82) is 0 Å². The van der Waals surface area contributed by atoms with E-state index in [1.165, 1.54) is 5.56 Å². The Balaban J connectivity index is 1.23. The fraction of sp³-hybridized carbons (Fsp3) is 0.323. The smallest absolute Gasteiger partial charge is 0.258 e. The molecule has 0 radical (unpaired) electrons. The first-order chi connectivity index (χ1) is 19.7. The number of aromatic amines is 1. The van der Waals surface area contributed by atoms with Gasteiger partial charge in [0.15, 0.2) is 12.3 Å². The van der Waals surface area contributed by atoms with E-state index in [-0.39, 0.29) is 18.1 Å². The van der Waals surface area contributed by atoms with E-state index in [1.807, 2.05) is 44.4 Å². The van der Waals surface area contributed by atoms with Crippen LogP contribution in [-0.2, 0) is 11.3 Å². The van der Waals surface area contributed by atoms with Crippen LogP contribution in [0.3, 0.4) is 0 Å². The lowest BCUT2D eigenvalue weighted by molar-refractivity contribution is -0.123. The summed E-state index contributed by atoms with van der Waals surface area (Å²) >= 11 is 6.58. The van der Waals surface area contributed by atoms with Gasteiger partial charge in [-0.1, -0.05) is 41.9 Å². The maximum absolute atomic E-state index is 12.3. The molecule has 4 aromatic rings. The number of carbonyl (C=O) groups is 1. The molecule has 3 heterocycles. The second kappa shape index (κ2) is 12.2. The van der Waals surface area contributed by atoms with Crippen molar-refractivity contribution in [3.05, 3.63) is 83.3 Å². The molecule has 0 spiro atoms. The predicted octanol–water partition coefficient (Wildman–Crippen LogP) is 5.27. The van der Waals surface area contributed by atoms with Gasteiger partial charge in [0, 0.05) is 49.1 Å². The van der Waals surface area contributed by atoms with Crippen LogP contribution in [0.1, 0.15) is 25.8 Å². The van der Waals surface area contributed by atoms with E-state index >= 15 is 0 Å². The van der Waals surface area contributed by atoms with Gasteiger partial charge in [-0.05, 0) is 57.8 Å². The van der Waals surface area contributed by atoms with Gasteiger partial charge >= 0.3 is 0 Å². The molecule has 3 N–H and O–H groups in total. The van der Waals surface area contributed by atoms with Crippen LogP contribution in [0.5, 0.6) is 5.75 Å². The number of hydrogen-bond donors (Lipinski definition) is 3. The van der Waals surface area contributed by atoms with Crippen LogP contribution in [0.4, 0.5) is 5.69 Å². The number of aromatic nitrogens is 3. The van der Waals surface area contributed by atoms with Gasteiger partial charge in [0.05, 0.1) is 16.9 Å². The predicted molar refractivity (Wildman–Crippen MR) is 164 cm³/mol. The first-order valence-electron chi connectivity index (χ1n) is 13.7. The van der Waals surface area contributed by atoms with Crippen LogP contribution in [0.15, 0.2) is 72.7 Å². The van der Waals surface area contributed by atoms with Gasteiger partial charge in [0.2, 0.25) is 0 Å². The third kappa shape index (κ3) is 6.99. The van der Waals surface area contributed by atoms with Gasteiger partial charge in [0.1, 0.15) is 17.1 Å². The first kappa shape index (κ1) is 28.4. The van der Waals surface area contributed by atoms with E-state index in [1.54, 1.807) is 6.20 Å². The Kier molecular flexibility index (Phi) is 8.46. The Hall–Kier alpha value is -4.08. The number of fused-ring (bicyclic) bond motifs is 1. The van der Waals surface area contributed by atoms with Crippen LogP contribution >= 0.6 is 11.6 Å². The van der Waals surface area contributed by atoms with E-state index in [4.69, 9.17) is 21.3 Å². The summed E-state index contributed by atoms with van der Waals surface area (Å²) in [5.41, 5.74) is 5.12. The van der Waals surface area contributed by atoms with E-state index in [2.05, 4.69) is 74.7 Å². The van der Waals surface area contributed by atoms with Crippen molar-refractivity contribution in [3.8, 4) is 17.1 Å². The van der Waals surface area contributed by atoms with Gasteiger partial charge in [0.25, 0.3) is 5.91 Å². The van der Waals surface area contributed by atoms with Gasteiger partial charge in [-0.25, -0.2) is 9.97 Å². The molecule has 0 unspecified atom stereocenters.